The van der Waals surface area contributed by atoms with Crippen molar-refractivity contribution in [2.45, 2.75) is 91.0 Å². The van der Waals surface area contributed by atoms with Gasteiger partial charge in [0.1, 0.15) is 11.2 Å². The molecule has 8 heteroatoms. The van der Waals surface area contributed by atoms with Crippen molar-refractivity contribution >= 4 is 18.2 Å². The Labute approximate surface area is 149 Å². The molecule has 0 radical (unpaired) electrons. The lowest BCUT2D eigenvalue weighted by molar-refractivity contribution is -0.137. The van der Waals surface area contributed by atoms with Crippen LogP contribution in [-0.4, -0.2) is 46.0 Å². The Bertz CT molecular complexity index is 488. The average Bonchev–Trinajstić information content (AvgIpc) is 2.18. The highest BCUT2D eigenvalue weighted by Gasteiger charge is 2.30. The van der Waals surface area contributed by atoms with E-state index in [1.165, 1.54) is 0 Å². The van der Waals surface area contributed by atoms with E-state index in [0.29, 0.717) is 0 Å². The molecule has 0 saturated carbocycles. The van der Waals surface area contributed by atoms with Gasteiger partial charge in [-0.15, -0.1) is 0 Å². The largest absolute Gasteiger partial charge is 0.481 e. The van der Waals surface area contributed by atoms with Crippen LogP contribution in [-0.2, 0) is 14.3 Å². The molecule has 1 unspecified atom stereocenters. The summed E-state index contributed by atoms with van der Waals surface area (Å²) in [6.07, 6.45) is -1.41. The monoisotopic (exact) mass is 360 g/mol. The third-order valence-electron chi connectivity index (χ3n) is 2.74. The zero-order valence-electron chi connectivity index (χ0n) is 16.5. The lowest BCUT2D eigenvalue weighted by Crippen LogP contribution is -2.51. The number of hydrogen-bond donors (Lipinski definition) is 3. The lowest BCUT2D eigenvalue weighted by Gasteiger charge is -2.32. The molecule has 0 spiro atoms. The second-order valence-electron chi connectivity index (χ2n) is 8.66. The van der Waals surface area contributed by atoms with E-state index in [0.717, 1.165) is 0 Å². The molecule has 0 aliphatic heterocycles. The molecule has 25 heavy (non-hydrogen) atoms. The normalized spacial score (nSPS) is 13.6. The first-order chi connectivity index (χ1) is 11.0. The summed E-state index contributed by atoms with van der Waals surface area (Å²) >= 11 is 0. The van der Waals surface area contributed by atoms with Gasteiger partial charge < -0.3 is 25.2 Å². The van der Waals surface area contributed by atoms with Gasteiger partial charge in [0.05, 0.1) is 6.42 Å². The number of carbonyl (C=O) groups is 3. The third kappa shape index (κ3) is 13.0. The molecular formula is C17H32N2O6. The number of alkyl carbamates (subject to hydrolysis) is 2. The van der Waals surface area contributed by atoms with Crippen LogP contribution in [0.5, 0.6) is 0 Å². The number of aliphatic carboxylic acids is 1. The van der Waals surface area contributed by atoms with E-state index in [1.807, 2.05) is 0 Å². The smallest absolute Gasteiger partial charge is 0.408 e. The van der Waals surface area contributed by atoms with Gasteiger partial charge in [-0.3, -0.25) is 4.79 Å². The Hall–Kier alpha value is -1.99. The van der Waals surface area contributed by atoms with Crippen LogP contribution in [0.25, 0.3) is 0 Å². The first-order valence-electron chi connectivity index (χ1n) is 8.21. The molecule has 2 amide bonds. The van der Waals surface area contributed by atoms with Crippen molar-refractivity contribution in [2.24, 2.45) is 0 Å². The highest BCUT2D eigenvalue weighted by molar-refractivity contribution is 5.72. The van der Waals surface area contributed by atoms with Crippen molar-refractivity contribution in [3.05, 3.63) is 0 Å². The van der Waals surface area contributed by atoms with Crippen LogP contribution in [0.4, 0.5) is 9.59 Å². The summed E-state index contributed by atoms with van der Waals surface area (Å²) in [5, 5.41) is 14.3. The SMILES string of the molecule is CC(C)(CC(CC(=O)O)NC(=O)OC(C)(C)C)NC(=O)OC(C)(C)C. The molecule has 0 saturated heterocycles. The molecule has 0 aliphatic carbocycles. The summed E-state index contributed by atoms with van der Waals surface area (Å²) < 4.78 is 10.4. The molecule has 0 aromatic carbocycles. The van der Waals surface area contributed by atoms with Crippen molar-refractivity contribution in [1.82, 2.24) is 10.6 Å². The molecule has 0 bridgehead atoms. The van der Waals surface area contributed by atoms with Crippen LogP contribution in [0.3, 0.4) is 0 Å². The van der Waals surface area contributed by atoms with Crippen molar-refractivity contribution < 1.29 is 29.0 Å². The standard InChI is InChI=1S/C17H32N2O6/c1-15(2,3)24-13(22)18-11(9-12(20)21)10-17(7,8)19-14(23)25-16(4,5)6/h11H,9-10H2,1-8H3,(H,18,22)(H,19,23)(H,20,21). The van der Waals surface area contributed by atoms with Crippen LogP contribution < -0.4 is 10.6 Å². The van der Waals surface area contributed by atoms with Crippen LogP contribution in [0.1, 0.15) is 68.2 Å². The zero-order chi connectivity index (χ0) is 20.1. The highest BCUT2D eigenvalue weighted by atomic mass is 16.6. The Kier molecular flexibility index (Phi) is 7.73. The van der Waals surface area contributed by atoms with Crippen LogP contribution in [0.2, 0.25) is 0 Å². The zero-order valence-corrected chi connectivity index (χ0v) is 16.5. The summed E-state index contributed by atoms with van der Waals surface area (Å²) in [7, 11) is 0. The Morgan fingerprint density at radius 3 is 1.72 bits per heavy atom. The van der Waals surface area contributed by atoms with E-state index in [2.05, 4.69) is 10.6 Å². The number of rotatable bonds is 6. The molecule has 1 atom stereocenters. The molecule has 0 aliphatic rings. The fourth-order valence-electron chi connectivity index (χ4n) is 2.11. The molecule has 0 rings (SSSR count). The summed E-state index contributed by atoms with van der Waals surface area (Å²) in [4.78, 5) is 34.9. The quantitative estimate of drug-likeness (QED) is 0.671. The summed E-state index contributed by atoms with van der Waals surface area (Å²) in [6.45, 7) is 13.8. The summed E-state index contributed by atoms with van der Waals surface area (Å²) in [5.41, 5.74) is -2.13. The minimum atomic E-state index is -1.06. The topological polar surface area (TPSA) is 114 Å². The van der Waals surface area contributed by atoms with Gasteiger partial charge in [-0.25, -0.2) is 9.59 Å². The summed E-state index contributed by atoms with van der Waals surface area (Å²) in [5.74, 6) is -1.06. The van der Waals surface area contributed by atoms with Gasteiger partial charge >= 0.3 is 18.2 Å². The molecule has 0 heterocycles. The molecule has 8 nitrogen and oxygen atoms in total. The fourth-order valence-corrected chi connectivity index (χ4v) is 2.11. The predicted octanol–water partition coefficient (Wildman–Crippen LogP) is 3.05. The van der Waals surface area contributed by atoms with E-state index in [1.54, 1.807) is 55.4 Å². The predicted molar refractivity (Wildman–Crippen MR) is 93.5 cm³/mol. The van der Waals surface area contributed by atoms with E-state index in [4.69, 9.17) is 14.6 Å². The van der Waals surface area contributed by atoms with Gasteiger partial charge in [-0.05, 0) is 61.8 Å². The van der Waals surface area contributed by atoms with Gasteiger partial charge in [0.2, 0.25) is 0 Å². The van der Waals surface area contributed by atoms with E-state index < -0.39 is 40.9 Å². The Morgan fingerprint density at radius 1 is 0.880 bits per heavy atom. The van der Waals surface area contributed by atoms with E-state index in [9.17, 15) is 14.4 Å². The van der Waals surface area contributed by atoms with Crippen molar-refractivity contribution in [2.75, 3.05) is 0 Å². The average molecular weight is 360 g/mol. The first-order valence-corrected chi connectivity index (χ1v) is 8.21. The molecule has 0 fully saturated rings. The highest BCUT2D eigenvalue weighted by Crippen LogP contribution is 2.17. The van der Waals surface area contributed by atoms with Gasteiger partial charge in [-0.2, -0.15) is 0 Å². The maximum absolute atomic E-state index is 11.9. The lowest BCUT2D eigenvalue weighted by atomic mass is 9.93. The van der Waals surface area contributed by atoms with Gasteiger partial charge in [0.25, 0.3) is 0 Å². The maximum Gasteiger partial charge on any atom is 0.408 e. The molecule has 146 valence electrons. The molecular weight excluding hydrogens is 328 g/mol. The van der Waals surface area contributed by atoms with Gasteiger partial charge in [0.15, 0.2) is 0 Å². The molecule has 0 aromatic rings. The van der Waals surface area contributed by atoms with Crippen molar-refractivity contribution in [1.29, 1.82) is 0 Å². The van der Waals surface area contributed by atoms with Crippen molar-refractivity contribution in [3.63, 3.8) is 0 Å². The first kappa shape index (κ1) is 23.0. The van der Waals surface area contributed by atoms with E-state index in [-0.39, 0.29) is 12.8 Å². The minimum absolute atomic E-state index is 0.192. The number of amides is 2. The Morgan fingerprint density at radius 2 is 1.32 bits per heavy atom. The van der Waals surface area contributed by atoms with Crippen LogP contribution >= 0.6 is 0 Å². The number of carboxylic acids is 1. The van der Waals surface area contributed by atoms with Gasteiger partial charge in [-0.1, -0.05) is 0 Å². The molecule has 3 N–H and O–H groups in total. The number of ether oxygens (including phenoxy) is 2. The second-order valence-corrected chi connectivity index (χ2v) is 8.66. The summed E-state index contributed by atoms with van der Waals surface area (Å²) in [6, 6.07) is -0.711. The minimum Gasteiger partial charge on any atom is -0.481 e. The second kappa shape index (κ2) is 8.40. The Balaban J connectivity index is 4.90. The van der Waals surface area contributed by atoms with E-state index >= 15 is 0 Å². The van der Waals surface area contributed by atoms with Gasteiger partial charge in [0, 0.05) is 11.6 Å². The number of nitrogens with one attached hydrogen (secondary N) is 2. The number of carbonyl (C=O) groups excluding carboxylic acids is 2. The van der Waals surface area contributed by atoms with Crippen LogP contribution in [0.15, 0.2) is 0 Å². The molecule has 0 aromatic heterocycles. The number of hydrogen-bond acceptors (Lipinski definition) is 5. The number of carboxylic acid groups (broad SMARTS) is 1. The fraction of sp³-hybridized carbons (Fsp3) is 0.824. The maximum atomic E-state index is 11.9. The third-order valence-corrected chi connectivity index (χ3v) is 2.74. The van der Waals surface area contributed by atoms with Crippen LogP contribution in [0, 0.1) is 0 Å². The van der Waals surface area contributed by atoms with Crippen molar-refractivity contribution in [3.8, 4) is 0 Å².